The number of rotatable bonds is 3. The molecule has 1 aromatic carbocycles. The Hall–Kier alpha value is -3.12. The third-order valence-electron chi connectivity index (χ3n) is 5.52. The first-order valence-corrected chi connectivity index (χ1v) is 9.68. The van der Waals surface area contributed by atoms with E-state index in [0.717, 1.165) is 59.8 Å². The molecule has 0 spiro atoms. The van der Waals surface area contributed by atoms with Crippen LogP contribution in [0.2, 0.25) is 0 Å². The molecule has 4 aromatic rings. The van der Waals surface area contributed by atoms with E-state index in [4.69, 9.17) is 0 Å². The number of hydrogen-bond donors (Lipinski definition) is 1. The number of piperidine rings is 1. The van der Waals surface area contributed by atoms with Crippen molar-refractivity contribution in [1.82, 2.24) is 19.2 Å². The molecule has 0 amide bonds. The van der Waals surface area contributed by atoms with Crippen LogP contribution in [0.1, 0.15) is 12.8 Å². The van der Waals surface area contributed by atoms with Crippen LogP contribution in [0.4, 0.5) is 5.82 Å². The van der Waals surface area contributed by atoms with E-state index in [9.17, 15) is 5.11 Å². The van der Waals surface area contributed by atoms with Crippen molar-refractivity contribution in [2.24, 2.45) is 7.05 Å². The van der Waals surface area contributed by atoms with Crippen LogP contribution >= 0.6 is 0 Å². The fourth-order valence-electron chi connectivity index (χ4n) is 3.97. The van der Waals surface area contributed by atoms with Gasteiger partial charge < -0.3 is 10.0 Å². The molecule has 5 rings (SSSR count). The summed E-state index contributed by atoms with van der Waals surface area (Å²) in [6, 6.07) is 14.8. The summed E-state index contributed by atoms with van der Waals surface area (Å²) in [5.41, 5.74) is 5.41. The molecule has 0 saturated carbocycles. The first-order chi connectivity index (χ1) is 13.7. The molecular weight excluding hydrogens is 350 g/mol. The van der Waals surface area contributed by atoms with Crippen LogP contribution in [0.3, 0.4) is 0 Å². The van der Waals surface area contributed by atoms with Gasteiger partial charge in [-0.25, -0.2) is 4.98 Å². The van der Waals surface area contributed by atoms with E-state index in [1.165, 1.54) is 0 Å². The van der Waals surface area contributed by atoms with Crippen LogP contribution in [0, 0.1) is 0 Å². The molecule has 1 N–H and O–H groups in total. The van der Waals surface area contributed by atoms with E-state index >= 15 is 0 Å². The highest BCUT2D eigenvalue weighted by molar-refractivity contribution is 5.71. The summed E-state index contributed by atoms with van der Waals surface area (Å²) < 4.78 is 4.03. The van der Waals surface area contributed by atoms with Gasteiger partial charge in [0.1, 0.15) is 11.5 Å². The van der Waals surface area contributed by atoms with Gasteiger partial charge in [-0.2, -0.15) is 5.10 Å². The van der Waals surface area contributed by atoms with E-state index in [1.54, 1.807) is 0 Å². The van der Waals surface area contributed by atoms with Crippen LogP contribution < -0.4 is 4.90 Å². The number of nitrogens with zero attached hydrogens (tertiary/aromatic N) is 5. The summed E-state index contributed by atoms with van der Waals surface area (Å²) in [5.74, 6) is 1.13. The van der Waals surface area contributed by atoms with Gasteiger partial charge in [-0.15, -0.1) is 0 Å². The zero-order valence-electron chi connectivity index (χ0n) is 15.9. The highest BCUT2D eigenvalue weighted by atomic mass is 16.3. The van der Waals surface area contributed by atoms with Crippen molar-refractivity contribution in [1.29, 1.82) is 0 Å². The molecule has 0 atom stereocenters. The van der Waals surface area contributed by atoms with Crippen LogP contribution in [-0.4, -0.2) is 43.5 Å². The van der Waals surface area contributed by atoms with Gasteiger partial charge in [-0.05, 0) is 30.5 Å². The summed E-state index contributed by atoms with van der Waals surface area (Å²) in [4.78, 5) is 6.97. The van der Waals surface area contributed by atoms with E-state index in [-0.39, 0.29) is 6.10 Å². The number of hydrogen-bond acceptors (Lipinski definition) is 4. The first-order valence-electron chi connectivity index (χ1n) is 9.68. The van der Waals surface area contributed by atoms with E-state index in [2.05, 4.69) is 55.8 Å². The molecule has 0 radical (unpaired) electrons. The second kappa shape index (κ2) is 6.80. The van der Waals surface area contributed by atoms with Crippen molar-refractivity contribution < 1.29 is 5.11 Å². The monoisotopic (exact) mass is 373 g/mol. The maximum atomic E-state index is 9.85. The summed E-state index contributed by atoms with van der Waals surface area (Å²) >= 11 is 0. The molecule has 6 heteroatoms. The minimum atomic E-state index is -0.183. The molecule has 0 unspecified atom stereocenters. The molecule has 0 bridgehead atoms. The number of aromatic nitrogens is 4. The smallest absolute Gasteiger partial charge is 0.138 e. The standard InChI is InChI=1S/C22H23N5O/c1-25-15-18(13-24-25)16-5-7-17(8-6-16)20-14-23-21-3-2-4-22(27(20)21)26-11-9-19(28)10-12-26/h2-8,13-15,19,28H,9-12H2,1H3. The highest BCUT2D eigenvalue weighted by Gasteiger charge is 2.20. The lowest BCUT2D eigenvalue weighted by Crippen LogP contribution is -2.36. The maximum absolute atomic E-state index is 9.85. The molecule has 1 fully saturated rings. The van der Waals surface area contributed by atoms with Gasteiger partial charge in [0, 0.05) is 37.5 Å². The fraction of sp³-hybridized carbons (Fsp3) is 0.273. The SMILES string of the molecule is Cn1cc(-c2ccc(-c3cnc4cccc(N5CCC(O)CC5)n34)cc2)cn1. The quantitative estimate of drug-likeness (QED) is 0.598. The number of aliphatic hydroxyl groups excluding tert-OH is 1. The van der Waals surface area contributed by atoms with Gasteiger partial charge in [-0.1, -0.05) is 30.3 Å². The molecule has 1 aliphatic heterocycles. The van der Waals surface area contributed by atoms with Crippen LogP contribution in [-0.2, 0) is 7.05 Å². The van der Waals surface area contributed by atoms with Gasteiger partial charge in [-0.3, -0.25) is 9.08 Å². The minimum Gasteiger partial charge on any atom is -0.393 e. The van der Waals surface area contributed by atoms with Crippen molar-refractivity contribution in [2.45, 2.75) is 18.9 Å². The van der Waals surface area contributed by atoms with Gasteiger partial charge in [0.2, 0.25) is 0 Å². The van der Waals surface area contributed by atoms with Crippen molar-refractivity contribution >= 4 is 11.5 Å². The summed E-state index contributed by atoms with van der Waals surface area (Å²) in [7, 11) is 1.93. The summed E-state index contributed by atoms with van der Waals surface area (Å²) in [5, 5.41) is 14.1. The fourth-order valence-corrected chi connectivity index (χ4v) is 3.97. The zero-order chi connectivity index (χ0) is 19.1. The summed E-state index contributed by atoms with van der Waals surface area (Å²) in [6.07, 6.45) is 7.27. The Bertz CT molecular complexity index is 1100. The third-order valence-corrected chi connectivity index (χ3v) is 5.52. The zero-order valence-corrected chi connectivity index (χ0v) is 15.9. The van der Waals surface area contributed by atoms with Crippen LogP contribution in [0.5, 0.6) is 0 Å². The highest BCUT2D eigenvalue weighted by Crippen LogP contribution is 2.29. The lowest BCUT2D eigenvalue weighted by molar-refractivity contribution is 0.145. The topological polar surface area (TPSA) is 58.6 Å². The Morgan fingerprint density at radius 3 is 2.39 bits per heavy atom. The normalized spacial score (nSPS) is 15.4. The molecule has 3 aromatic heterocycles. The van der Waals surface area contributed by atoms with Crippen LogP contribution in [0.15, 0.2) is 61.1 Å². The number of anilines is 1. The van der Waals surface area contributed by atoms with E-state index < -0.39 is 0 Å². The Balaban J connectivity index is 1.54. The van der Waals surface area contributed by atoms with E-state index in [0.29, 0.717) is 0 Å². The predicted octanol–water partition coefficient (Wildman–Crippen LogP) is 3.36. The third kappa shape index (κ3) is 2.96. The molecule has 1 saturated heterocycles. The lowest BCUT2D eigenvalue weighted by atomic mass is 10.1. The van der Waals surface area contributed by atoms with Gasteiger partial charge in [0.15, 0.2) is 0 Å². The molecule has 0 aliphatic carbocycles. The minimum absolute atomic E-state index is 0.183. The predicted molar refractivity (Wildman–Crippen MR) is 110 cm³/mol. The number of aryl methyl sites for hydroxylation is 1. The van der Waals surface area contributed by atoms with Crippen molar-refractivity contribution in [3.05, 3.63) is 61.1 Å². The summed E-state index contributed by atoms with van der Waals surface area (Å²) in [6.45, 7) is 1.72. The van der Waals surface area contributed by atoms with Gasteiger partial charge in [0.25, 0.3) is 0 Å². The van der Waals surface area contributed by atoms with Crippen LogP contribution in [0.25, 0.3) is 28.0 Å². The average molecular weight is 373 g/mol. The number of benzene rings is 1. The molecule has 4 heterocycles. The molecular formula is C22H23N5O. The van der Waals surface area contributed by atoms with E-state index in [1.807, 2.05) is 36.4 Å². The second-order valence-corrected chi connectivity index (χ2v) is 7.42. The Morgan fingerprint density at radius 1 is 0.929 bits per heavy atom. The Labute approximate surface area is 163 Å². The molecule has 1 aliphatic rings. The average Bonchev–Trinajstić information content (AvgIpc) is 3.35. The van der Waals surface area contributed by atoms with Crippen molar-refractivity contribution in [2.75, 3.05) is 18.0 Å². The largest absolute Gasteiger partial charge is 0.393 e. The number of fused-ring (bicyclic) bond motifs is 1. The lowest BCUT2D eigenvalue weighted by Gasteiger charge is -2.32. The number of imidazole rings is 1. The Kier molecular flexibility index (Phi) is 4.13. The number of pyridine rings is 1. The van der Waals surface area contributed by atoms with Crippen molar-refractivity contribution in [3.63, 3.8) is 0 Å². The van der Waals surface area contributed by atoms with Crippen molar-refractivity contribution in [3.8, 4) is 22.4 Å². The second-order valence-electron chi connectivity index (χ2n) is 7.42. The first kappa shape index (κ1) is 17.0. The van der Waals surface area contributed by atoms with Gasteiger partial charge in [0.05, 0.1) is 24.2 Å². The molecule has 6 nitrogen and oxygen atoms in total. The van der Waals surface area contributed by atoms with Gasteiger partial charge >= 0.3 is 0 Å². The molecule has 28 heavy (non-hydrogen) atoms. The molecule has 142 valence electrons. The maximum Gasteiger partial charge on any atom is 0.138 e. The Morgan fingerprint density at radius 2 is 1.68 bits per heavy atom. The number of aliphatic hydroxyl groups is 1.